The van der Waals surface area contributed by atoms with Crippen molar-refractivity contribution >= 4 is 11.7 Å². The third-order valence-electron chi connectivity index (χ3n) is 4.79. The van der Waals surface area contributed by atoms with Crippen LogP contribution < -0.4 is 0 Å². The Morgan fingerprint density at radius 3 is 2.56 bits per heavy atom. The minimum absolute atomic E-state index is 0.0997. The number of aliphatic hydroxyl groups is 1. The normalized spacial score (nSPS) is 13.8. The van der Waals surface area contributed by atoms with Crippen molar-refractivity contribution in [2.75, 3.05) is 13.2 Å². The molecule has 1 aromatic heterocycles. The molecule has 0 unspecified atom stereocenters. The first-order valence-corrected chi connectivity index (χ1v) is 9.40. The number of rotatable bonds is 9. The summed E-state index contributed by atoms with van der Waals surface area (Å²) in [5, 5.41) is 8.66. The lowest BCUT2D eigenvalue weighted by molar-refractivity contribution is -0.132. The molecule has 25 heavy (non-hydrogen) atoms. The Kier molecular flexibility index (Phi) is 7.56. The SMILES string of the molecule is CC(C)c1ccc2c(n1)CCN(C(=O)CCCCCCC(=O)CO)C2. The molecule has 2 rings (SSSR count). The third-order valence-corrected chi connectivity index (χ3v) is 4.79. The van der Waals surface area contributed by atoms with Gasteiger partial charge in [0.1, 0.15) is 6.61 Å². The standard InChI is InChI=1S/C20H30N2O3/c1-15(2)18-10-9-16-13-22(12-11-19(16)21-18)20(25)8-6-4-3-5-7-17(24)14-23/h9-10,15,23H,3-8,11-14H2,1-2H3. The zero-order valence-corrected chi connectivity index (χ0v) is 15.5. The fraction of sp³-hybridized carbons (Fsp3) is 0.650. The summed E-state index contributed by atoms with van der Waals surface area (Å²) in [6.45, 7) is 5.36. The number of amides is 1. The van der Waals surface area contributed by atoms with Crippen LogP contribution in [0.15, 0.2) is 12.1 Å². The van der Waals surface area contributed by atoms with E-state index in [0.29, 0.717) is 25.3 Å². The summed E-state index contributed by atoms with van der Waals surface area (Å²) in [7, 11) is 0. The lowest BCUT2D eigenvalue weighted by atomic mass is 10.0. The Bertz CT molecular complexity index is 599. The summed E-state index contributed by atoms with van der Waals surface area (Å²) in [6.07, 6.45) is 5.40. The predicted octanol–water partition coefficient (Wildman–Crippen LogP) is 2.99. The summed E-state index contributed by atoms with van der Waals surface area (Å²) >= 11 is 0. The largest absolute Gasteiger partial charge is 0.389 e. The molecule has 5 heteroatoms. The van der Waals surface area contributed by atoms with Crippen molar-refractivity contribution in [1.29, 1.82) is 0 Å². The van der Waals surface area contributed by atoms with Gasteiger partial charge >= 0.3 is 0 Å². The molecule has 1 N–H and O–H groups in total. The molecule has 0 saturated carbocycles. The van der Waals surface area contributed by atoms with Crippen LogP contribution in [0.25, 0.3) is 0 Å². The van der Waals surface area contributed by atoms with Crippen LogP contribution in [0.4, 0.5) is 0 Å². The van der Waals surface area contributed by atoms with E-state index in [1.165, 1.54) is 5.56 Å². The average molecular weight is 346 g/mol. The molecule has 2 heterocycles. The number of fused-ring (bicyclic) bond motifs is 1. The minimum Gasteiger partial charge on any atom is -0.389 e. The van der Waals surface area contributed by atoms with E-state index in [2.05, 4.69) is 26.0 Å². The van der Waals surface area contributed by atoms with E-state index in [1.54, 1.807) is 0 Å². The Labute approximate surface area is 150 Å². The van der Waals surface area contributed by atoms with Gasteiger partial charge in [0.15, 0.2) is 5.78 Å². The molecule has 1 aliphatic rings. The topological polar surface area (TPSA) is 70.5 Å². The number of carbonyl (C=O) groups excluding carboxylic acids is 2. The Morgan fingerprint density at radius 2 is 1.88 bits per heavy atom. The van der Waals surface area contributed by atoms with Crippen molar-refractivity contribution in [3.05, 3.63) is 29.1 Å². The molecule has 0 atom stereocenters. The highest BCUT2D eigenvalue weighted by Gasteiger charge is 2.21. The van der Waals surface area contributed by atoms with E-state index >= 15 is 0 Å². The monoisotopic (exact) mass is 346 g/mol. The van der Waals surface area contributed by atoms with E-state index in [-0.39, 0.29) is 18.3 Å². The summed E-state index contributed by atoms with van der Waals surface area (Å²) in [5.41, 5.74) is 3.44. The molecular formula is C20H30N2O3. The van der Waals surface area contributed by atoms with Crippen LogP contribution in [0.1, 0.15) is 75.2 Å². The van der Waals surface area contributed by atoms with Gasteiger partial charge in [-0.1, -0.05) is 32.8 Å². The second-order valence-electron chi connectivity index (χ2n) is 7.17. The van der Waals surface area contributed by atoms with E-state index in [4.69, 9.17) is 10.1 Å². The van der Waals surface area contributed by atoms with Gasteiger partial charge in [0.05, 0.1) is 0 Å². The number of carbonyl (C=O) groups is 2. The molecule has 0 fully saturated rings. The van der Waals surface area contributed by atoms with Crippen molar-refractivity contribution in [3.63, 3.8) is 0 Å². The van der Waals surface area contributed by atoms with Gasteiger partial charge in [0.25, 0.3) is 0 Å². The first-order valence-electron chi connectivity index (χ1n) is 9.40. The first-order chi connectivity index (χ1) is 12.0. The van der Waals surface area contributed by atoms with E-state index in [1.807, 2.05) is 4.90 Å². The highest BCUT2D eigenvalue weighted by Crippen LogP contribution is 2.21. The van der Waals surface area contributed by atoms with Crippen LogP contribution >= 0.6 is 0 Å². The smallest absolute Gasteiger partial charge is 0.222 e. The predicted molar refractivity (Wildman–Crippen MR) is 97.2 cm³/mol. The zero-order chi connectivity index (χ0) is 18.2. The van der Waals surface area contributed by atoms with Crippen molar-refractivity contribution < 1.29 is 14.7 Å². The summed E-state index contributed by atoms with van der Waals surface area (Å²) in [6, 6.07) is 4.19. The lowest BCUT2D eigenvalue weighted by Crippen LogP contribution is -2.36. The van der Waals surface area contributed by atoms with Crippen molar-refractivity contribution in [2.45, 2.75) is 71.3 Å². The average Bonchev–Trinajstić information content (AvgIpc) is 2.62. The molecule has 1 amide bonds. The van der Waals surface area contributed by atoms with E-state index in [0.717, 1.165) is 50.0 Å². The number of unbranched alkanes of at least 4 members (excludes halogenated alkanes) is 3. The number of ketones is 1. The first kappa shape index (κ1) is 19.6. The molecule has 138 valence electrons. The number of hydrogen-bond acceptors (Lipinski definition) is 4. The van der Waals surface area contributed by atoms with E-state index < -0.39 is 0 Å². The quantitative estimate of drug-likeness (QED) is 0.698. The number of nitrogens with zero attached hydrogens (tertiary/aromatic N) is 2. The molecule has 1 aliphatic heterocycles. The van der Waals surface area contributed by atoms with Crippen LogP contribution in [-0.2, 0) is 22.6 Å². The molecule has 0 aliphatic carbocycles. The maximum atomic E-state index is 12.4. The van der Waals surface area contributed by atoms with Crippen molar-refractivity contribution in [1.82, 2.24) is 9.88 Å². The molecule has 5 nitrogen and oxygen atoms in total. The Morgan fingerprint density at radius 1 is 1.16 bits per heavy atom. The van der Waals surface area contributed by atoms with Gasteiger partial charge in [0, 0.05) is 43.7 Å². The molecule has 0 saturated heterocycles. The van der Waals surface area contributed by atoms with Crippen molar-refractivity contribution in [3.8, 4) is 0 Å². The van der Waals surface area contributed by atoms with Gasteiger partial charge in [0.2, 0.25) is 5.91 Å². The second kappa shape index (κ2) is 9.66. The van der Waals surface area contributed by atoms with Gasteiger partial charge in [-0.2, -0.15) is 0 Å². The van der Waals surface area contributed by atoms with Gasteiger partial charge in [-0.3, -0.25) is 14.6 Å². The van der Waals surface area contributed by atoms with Crippen molar-refractivity contribution in [2.24, 2.45) is 0 Å². The van der Waals surface area contributed by atoms with Crippen LogP contribution in [-0.4, -0.2) is 39.8 Å². The number of Topliss-reactive ketones (excluding diaryl/α,β-unsaturated/α-hetero) is 1. The fourth-order valence-electron chi connectivity index (χ4n) is 3.16. The molecule has 1 aromatic rings. The summed E-state index contributed by atoms with van der Waals surface area (Å²) in [4.78, 5) is 30.1. The summed E-state index contributed by atoms with van der Waals surface area (Å²) < 4.78 is 0. The maximum Gasteiger partial charge on any atom is 0.222 e. The summed E-state index contributed by atoms with van der Waals surface area (Å²) in [5.74, 6) is 0.542. The van der Waals surface area contributed by atoms with Crippen LogP contribution in [0.5, 0.6) is 0 Å². The van der Waals surface area contributed by atoms with Crippen LogP contribution in [0.2, 0.25) is 0 Å². The highest BCUT2D eigenvalue weighted by atomic mass is 16.3. The van der Waals surface area contributed by atoms with Gasteiger partial charge in [-0.25, -0.2) is 0 Å². The minimum atomic E-state index is -0.359. The Hall–Kier alpha value is -1.75. The maximum absolute atomic E-state index is 12.4. The zero-order valence-electron chi connectivity index (χ0n) is 15.5. The molecule has 0 bridgehead atoms. The fourth-order valence-corrected chi connectivity index (χ4v) is 3.16. The second-order valence-corrected chi connectivity index (χ2v) is 7.17. The highest BCUT2D eigenvalue weighted by molar-refractivity contribution is 5.79. The molecule has 0 aromatic carbocycles. The van der Waals surface area contributed by atoms with Gasteiger partial charge in [-0.15, -0.1) is 0 Å². The molecule has 0 radical (unpaired) electrons. The molecule has 0 spiro atoms. The van der Waals surface area contributed by atoms with Gasteiger partial charge in [-0.05, 0) is 30.4 Å². The Balaban J connectivity index is 1.72. The number of hydrogen-bond donors (Lipinski definition) is 1. The number of aromatic nitrogens is 1. The van der Waals surface area contributed by atoms with Crippen LogP contribution in [0.3, 0.4) is 0 Å². The number of aliphatic hydroxyl groups excluding tert-OH is 1. The third kappa shape index (κ3) is 5.92. The van der Waals surface area contributed by atoms with Gasteiger partial charge < -0.3 is 10.0 Å². The van der Waals surface area contributed by atoms with Crippen LogP contribution in [0, 0.1) is 0 Å². The lowest BCUT2D eigenvalue weighted by Gasteiger charge is -2.29. The van der Waals surface area contributed by atoms with E-state index in [9.17, 15) is 9.59 Å². The number of pyridine rings is 1. The molecular weight excluding hydrogens is 316 g/mol.